The van der Waals surface area contributed by atoms with Crippen LogP contribution in [-0.2, 0) is 4.79 Å². The van der Waals surface area contributed by atoms with E-state index in [1.165, 1.54) is 6.42 Å². The Kier molecular flexibility index (Phi) is 5.10. The Balaban J connectivity index is 2.11. The van der Waals surface area contributed by atoms with Gasteiger partial charge >= 0.3 is 0 Å². The number of nitrogens with zero attached hydrogens (tertiary/aromatic N) is 1. The van der Waals surface area contributed by atoms with E-state index in [4.69, 9.17) is 11.6 Å². The highest BCUT2D eigenvalue weighted by atomic mass is 79.9. The van der Waals surface area contributed by atoms with Gasteiger partial charge in [-0.05, 0) is 68.8 Å². The molecule has 1 atom stereocenters. The summed E-state index contributed by atoms with van der Waals surface area (Å²) in [4.78, 5) is 14.1. The molecule has 18 heavy (non-hydrogen) atoms. The van der Waals surface area contributed by atoms with E-state index in [0.717, 1.165) is 40.4 Å². The number of carbonyl (C=O) groups is 1. The van der Waals surface area contributed by atoms with Gasteiger partial charge in [-0.2, -0.15) is 0 Å². The number of halogens is 3. The van der Waals surface area contributed by atoms with Crippen molar-refractivity contribution in [2.75, 3.05) is 13.1 Å². The third-order valence-corrected chi connectivity index (χ3v) is 5.44. The summed E-state index contributed by atoms with van der Waals surface area (Å²) in [6.07, 6.45) is 3.37. The van der Waals surface area contributed by atoms with Gasteiger partial charge in [-0.3, -0.25) is 4.79 Å². The maximum atomic E-state index is 12.3. The number of hydrogen-bond acceptors (Lipinski definition) is 1. The van der Waals surface area contributed by atoms with Crippen molar-refractivity contribution in [1.82, 2.24) is 4.90 Å². The van der Waals surface area contributed by atoms with Crippen molar-refractivity contribution in [2.45, 2.75) is 24.6 Å². The Hall–Kier alpha value is -0.0600. The molecule has 0 N–H and O–H groups in total. The molecule has 0 aromatic heterocycles. The fourth-order valence-corrected chi connectivity index (χ4v) is 3.00. The summed E-state index contributed by atoms with van der Waals surface area (Å²) >= 11 is 13.1. The minimum atomic E-state index is -0.590. The van der Waals surface area contributed by atoms with E-state index in [1.807, 2.05) is 23.1 Å². The van der Waals surface area contributed by atoms with Crippen molar-refractivity contribution in [3.63, 3.8) is 0 Å². The molecule has 0 radical (unpaired) electrons. The maximum absolute atomic E-state index is 12.3. The zero-order valence-corrected chi connectivity index (χ0v) is 13.8. The van der Waals surface area contributed by atoms with Gasteiger partial charge in [-0.15, -0.1) is 11.6 Å². The van der Waals surface area contributed by atoms with E-state index in [2.05, 4.69) is 31.9 Å². The maximum Gasteiger partial charge on any atom is 0.245 e. The van der Waals surface area contributed by atoms with Crippen molar-refractivity contribution >= 4 is 49.4 Å². The Labute approximate surface area is 129 Å². The number of likely N-dealkylation sites (tertiary alicyclic amines) is 1. The highest BCUT2D eigenvalue weighted by Gasteiger charge is 2.25. The van der Waals surface area contributed by atoms with Crippen LogP contribution in [-0.4, -0.2) is 23.9 Å². The van der Waals surface area contributed by atoms with E-state index in [9.17, 15) is 4.79 Å². The standard InChI is InChI=1S/C13H14Br2ClNO/c14-10-5-4-9(8-11(10)15)12(16)13(18)17-6-2-1-3-7-17/h4-5,8,12H,1-3,6-7H2. The summed E-state index contributed by atoms with van der Waals surface area (Å²) < 4.78 is 1.87. The fraction of sp³-hybridized carbons (Fsp3) is 0.462. The molecular formula is C13H14Br2ClNO. The SMILES string of the molecule is O=C(C(Cl)c1ccc(Br)c(Br)c1)N1CCCCC1. The molecular weight excluding hydrogens is 381 g/mol. The van der Waals surface area contributed by atoms with Crippen LogP contribution in [0.25, 0.3) is 0 Å². The molecule has 1 heterocycles. The Morgan fingerprint density at radius 2 is 1.83 bits per heavy atom. The molecule has 1 saturated heterocycles. The number of benzene rings is 1. The highest BCUT2D eigenvalue weighted by molar-refractivity contribution is 9.13. The largest absolute Gasteiger partial charge is 0.341 e. The minimum Gasteiger partial charge on any atom is -0.341 e. The number of alkyl halides is 1. The predicted octanol–water partition coefficient (Wildman–Crippen LogP) is 4.50. The lowest BCUT2D eigenvalue weighted by molar-refractivity contribution is -0.131. The highest BCUT2D eigenvalue weighted by Crippen LogP contribution is 2.30. The second-order valence-electron chi connectivity index (χ2n) is 4.42. The van der Waals surface area contributed by atoms with Gasteiger partial charge in [0.15, 0.2) is 0 Å². The summed E-state index contributed by atoms with van der Waals surface area (Å²) in [5.74, 6) is 0.0191. The zero-order valence-electron chi connectivity index (χ0n) is 9.83. The zero-order chi connectivity index (χ0) is 13.1. The van der Waals surface area contributed by atoms with Gasteiger partial charge < -0.3 is 4.90 Å². The Morgan fingerprint density at radius 1 is 1.17 bits per heavy atom. The first-order chi connectivity index (χ1) is 8.59. The lowest BCUT2D eigenvalue weighted by Crippen LogP contribution is -2.37. The molecule has 1 aromatic carbocycles. The van der Waals surface area contributed by atoms with E-state index in [-0.39, 0.29) is 5.91 Å². The van der Waals surface area contributed by atoms with Crippen LogP contribution in [0.15, 0.2) is 27.1 Å². The molecule has 2 nitrogen and oxygen atoms in total. The van der Waals surface area contributed by atoms with Crippen LogP contribution in [0.5, 0.6) is 0 Å². The van der Waals surface area contributed by atoms with E-state index < -0.39 is 5.38 Å². The second-order valence-corrected chi connectivity index (χ2v) is 6.57. The molecule has 98 valence electrons. The van der Waals surface area contributed by atoms with Crippen molar-refractivity contribution in [2.24, 2.45) is 0 Å². The van der Waals surface area contributed by atoms with Gasteiger partial charge in [0.2, 0.25) is 5.91 Å². The molecule has 0 spiro atoms. The van der Waals surface area contributed by atoms with Gasteiger partial charge in [0.05, 0.1) is 0 Å². The van der Waals surface area contributed by atoms with Crippen molar-refractivity contribution < 1.29 is 4.79 Å². The molecule has 2 rings (SSSR count). The number of amides is 1. The number of carbonyl (C=O) groups excluding carboxylic acids is 1. The quantitative estimate of drug-likeness (QED) is 0.675. The molecule has 1 aromatic rings. The lowest BCUT2D eigenvalue weighted by Gasteiger charge is -2.28. The van der Waals surface area contributed by atoms with Gasteiger partial charge in [0, 0.05) is 22.0 Å². The summed E-state index contributed by atoms with van der Waals surface area (Å²) in [6, 6.07) is 5.68. The van der Waals surface area contributed by atoms with Crippen LogP contribution in [0.3, 0.4) is 0 Å². The van der Waals surface area contributed by atoms with Crippen molar-refractivity contribution in [1.29, 1.82) is 0 Å². The predicted molar refractivity (Wildman–Crippen MR) is 80.9 cm³/mol. The normalized spacial score (nSPS) is 17.6. The molecule has 5 heteroatoms. The second kappa shape index (κ2) is 6.40. The number of hydrogen-bond donors (Lipinski definition) is 0. The van der Waals surface area contributed by atoms with Crippen LogP contribution in [0.1, 0.15) is 30.2 Å². The lowest BCUT2D eigenvalue weighted by atomic mass is 10.1. The molecule has 0 bridgehead atoms. The van der Waals surface area contributed by atoms with Crippen LogP contribution in [0, 0.1) is 0 Å². The molecule has 1 fully saturated rings. The molecule has 1 amide bonds. The van der Waals surface area contributed by atoms with E-state index in [1.54, 1.807) is 0 Å². The molecule has 1 aliphatic heterocycles. The summed E-state index contributed by atoms with van der Waals surface area (Å²) in [5, 5.41) is -0.590. The van der Waals surface area contributed by atoms with Gasteiger partial charge in [0.1, 0.15) is 5.38 Å². The number of rotatable bonds is 2. The third-order valence-electron chi connectivity index (χ3n) is 3.12. The van der Waals surface area contributed by atoms with E-state index in [0.29, 0.717) is 0 Å². The smallest absolute Gasteiger partial charge is 0.245 e. The monoisotopic (exact) mass is 393 g/mol. The first kappa shape index (κ1) is 14.4. The summed E-state index contributed by atoms with van der Waals surface area (Å²) in [6.45, 7) is 1.67. The van der Waals surface area contributed by atoms with Gasteiger partial charge in [0.25, 0.3) is 0 Å². The summed E-state index contributed by atoms with van der Waals surface area (Å²) in [5.41, 5.74) is 0.835. The van der Waals surface area contributed by atoms with Crippen LogP contribution in [0.4, 0.5) is 0 Å². The average molecular weight is 396 g/mol. The van der Waals surface area contributed by atoms with Crippen LogP contribution in [0.2, 0.25) is 0 Å². The average Bonchev–Trinajstić information content (AvgIpc) is 2.41. The van der Waals surface area contributed by atoms with Crippen LogP contribution >= 0.6 is 43.5 Å². The van der Waals surface area contributed by atoms with Crippen LogP contribution < -0.4 is 0 Å². The van der Waals surface area contributed by atoms with Crippen molar-refractivity contribution in [3.05, 3.63) is 32.7 Å². The van der Waals surface area contributed by atoms with Crippen molar-refractivity contribution in [3.8, 4) is 0 Å². The Bertz CT molecular complexity index is 447. The molecule has 0 aliphatic carbocycles. The molecule has 1 aliphatic rings. The molecule has 0 saturated carbocycles. The topological polar surface area (TPSA) is 20.3 Å². The minimum absolute atomic E-state index is 0.0191. The van der Waals surface area contributed by atoms with Gasteiger partial charge in [-0.1, -0.05) is 6.07 Å². The third kappa shape index (κ3) is 3.28. The first-order valence-electron chi connectivity index (χ1n) is 5.97. The first-order valence-corrected chi connectivity index (χ1v) is 7.99. The Morgan fingerprint density at radius 3 is 2.44 bits per heavy atom. The molecule has 1 unspecified atom stereocenters. The van der Waals surface area contributed by atoms with E-state index >= 15 is 0 Å². The fourth-order valence-electron chi connectivity index (χ4n) is 2.09. The summed E-state index contributed by atoms with van der Waals surface area (Å²) in [7, 11) is 0. The number of piperidine rings is 1. The van der Waals surface area contributed by atoms with Gasteiger partial charge in [-0.25, -0.2) is 0 Å².